The minimum Gasteiger partial charge on any atom is -0.790 e. The summed E-state index contributed by atoms with van der Waals surface area (Å²) in [7, 11) is -17.6. The number of phosphoric ester groups is 3. The van der Waals surface area contributed by atoms with E-state index >= 15 is 0 Å². The summed E-state index contributed by atoms with van der Waals surface area (Å²) >= 11 is 0.996. The number of carbonyl (C=O) groups excluding carboxylic acids is 3. The molecule has 0 radical (unpaired) electrons. The number of allylic oxidation sites excluding steroid dienone is 1. The molecule has 2 amide bonds. The number of ether oxygens (including phenoxy) is 1. The van der Waals surface area contributed by atoms with Crippen molar-refractivity contribution in [2.24, 2.45) is 17.3 Å². The second-order valence-electron chi connectivity index (χ2n) is 14.7. The monoisotopic (exact) mass is 929 g/mol. The first-order chi connectivity index (χ1) is 27.8. The number of rotatable bonds is 21. The first-order valence-corrected chi connectivity index (χ1v) is 23.5. The third kappa shape index (κ3) is 13.9. The van der Waals surface area contributed by atoms with Crippen LogP contribution in [-0.4, -0.2) is 114 Å². The van der Waals surface area contributed by atoms with E-state index in [1.54, 1.807) is 0 Å². The van der Waals surface area contributed by atoms with Gasteiger partial charge in [-0.1, -0.05) is 37.8 Å². The number of aromatic nitrogens is 4. The van der Waals surface area contributed by atoms with E-state index in [1.165, 1.54) is 13.8 Å². The van der Waals surface area contributed by atoms with Gasteiger partial charge in [-0.25, -0.2) is 19.3 Å². The van der Waals surface area contributed by atoms with E-state index in [0.29, 0.717) is 12.8 Å². The van der Waals surface area contributed by atoms with E-state index in [1.807, 2.05) is 6.92 Å². The Hall–Kier alpha value is -2.74. The molecule has 1 aliphatic carbocycles. The molecular weight excluding hydrogens is 883 g/mol. The number of imidazole rings is 1. The number of fused-ring (bicyclic) bond motifs is 1. The first-order valence-electron chi connectivity index (χ1n) is 18.1. The molecule has 338 valence electrons. The number of aliphatic hydroxyl groups is 3. The van der Waals surface area contributed by atoms with E-state index in [2.05, 4.69) is 50.0 Å². The molecule has 60 heavy (non-hydrogen) atoms. The molecule has 0 bridgehead atoms. The van der Waals surface area contributed by atoms with Crippen molar-refractivity contribution in [3.63, 3.8) is 0 Å². The third-order valence-electron chi connectivity index (χ3n) is 9.54. The van der Waals surface area contributed by atoms with Crippen molar-refractivity contribution in [3.05, 3.63) is 24.8 Å². The number of nitrogen functional groups attached to an aromatic ring is 1. The number of carbonyl (C=O) groups is 3. The standard InChI is InChI=1S/C31H50N7O18P3S/c1-16(2)17-5-6-18(19(39)11-17)30(44)60-10-9-33-21(40)7-8-34-28(43)25(42)31(3,4)13-53-59(50,51)56-58(48,49)52-12-20-24(55-57(45,46)47)23(41)29(54-20)38-15-37-22-26(32)35-14-36-27(22)38/h14-15,17-20,23-25,29,39,41-42H,1,5-13H2,2-4H3,(H,33,40)(H,34,43)(H,48,49)(H,50,51)(H2,32,35,36)(H2,45,46,47)/p-4/t17?,18?,19?,20-,23-,24-,25+,29-/m1/s1. The number of hydrogen-bond acceptors (Lipinski definition) is 23. The first kappa shape index (κ1) is 49.9. The van der Waals surface area contributed by atoms with Crippen molar-refractivity contribution in [1.29, 1.82) is 0 Å². The fourth-order valence-corrected chi connectivity index (χ4v) is 9.87. The largest absolute Gasteiger partial charge is 0.790 e. The van der Waals surface area contributed by atoms with Crippen LogP contribution in [0.1, 0.15) is 52.7 Å². The molecule has 10 atom stereocenters. The quantitative estimate of drug-likeness (QED) is 0.0428. The Balaban J connectivity index is 1.20. The molecule has 5 unspecified atom stereocenters. The second-order valence-corrected chi connectivity index (χ2v) is 19.8. The molecule has 4 rings (SSSR count). The van der Waals surface area contributed by atoms with Crippen LogP contribution in [0.25, 0.3) is 11.2 Å². The summed E-state index contributed by atoms with van der Waals surface area (Å²) in [5.41, 5.74) is 5.01. The van der Waals surface area contributed by atoms with Gasteiger partial charge in [0.05, 0.1) is 39.4 Å². The number of nitrogens with zero attached hydrogens (tertiary/aromatic N) is 4. The van der Waals surface area contributed by atoms with Crippen molar-refractivity contribution in [1.82, 2.24) is 30.2 Å². The van der Waals surface area contributed by atoms with Crippen molar-refractivity contribution in [3.8, 4) is 0 Å². The molecular formula is C31H46N7O18P3S-4. The number of nitrogens with two attached hydrogens (primary N) is 1. The lowest BCUT2D eigenvalue weighted by Gasteiger charge is -2.36. The number of amides is 2. The van der Waals surface area contributed by atoms with Gasteiger partial charge in [0.25, 0.3) is 15.6 Å². The topological polar surface area (TPSA) is 395 Å². The maximum Gasteiger partial charge on any atom is 0.274 e. The highest BCUT2D eigenvalue weighted by molar-refractivity contribution is 8.13. The molecule has 0 aromatic carbocycles. The third-order valence-corrected chi connectivity index (χ3v) is 13.5. The lowest BCUT2D eigenvalue weighted by molar-refractivity contribution is -0.347. The number of thioether (sulfide) groups is 1. The van der Waals surface area contributed by atoms with Gasteiger partial charge in [0.15, 0.2) is 22.8 Å². The molecule has 0 spiro atoms. The molecule has 2 aromatic rings. The summed E-state index contributed by atoms with van der Waals surface area (Å²) in [5.74, 6) is -1.68. The molecule has 1 aliphatic heterocycles. The van der Waals surface area contributed by atoms with Gasteiger partial charge in [-0.05, 0) is 32.1 Å². The van der Waals surface area contributed by atoms with Crippen LogP contribution in [0.5, 0.6) is 0 Å². The minimum atomic E-state index is -5.93. The molecule has 7 N–H and O–H groups in total. The van der Waals surface area contributed by atoms with E-state index in [0.717, 1.165) is 41.0 Å². The number of anilines is 1. The van der Waals surface area contributed by atoms with Gasteiger partial charge >= 0.3 is 0 Å². The number of nitrogens with one attached hydrogen (secondary N) is 2. The van der Waals surface area contributed by atoms with Crippen molar-refractivity contribution in [2.75, 3.05) is 37.8 Å². The van der Waals surface area contributed by atoms with Crippen LogP contribution in [0.4, 0.5) is 5.82 Å². The zero-order chi connectivity index (χ0) is 44.8. The maximum atomic E-state index is 12.6. The van der Waals surface area contributed by atoms with Gasteiger partial charge in [-0.3, -0.25) is 28.1 Å². The number of hydrogen-bond donors (Lipinski definition) is 6. The summed E-state index contributed by atoms with van der Waals surface area (Å²) in [4.78, 5) is 96.9. The van der Waals surface area contributed by atoms with Gasteiger partial charge < -0.3 is 74.1 Å². The summed E-state index contributed by atoms with van der Waals surface area (Å²) in [5, 5.41) is 36.5. The van der Waals surface area contributed by atoms with E-state index < -0.39 is 96.6 Å². The Morgan fingerprint density at radius 1 is 1.08 bits per heavy atom. The van der Waals surface area contributed by atoms with Crippen LogP contribution >= 0.6 is 35.2 Å². The Kier molecular flexibility index (Phi) is 17.2. The average molecular weight is 930 g/mol. The summed E-state index contributed by atoms with van der Waals surface area (Å²) < 4.78 is 60.6. The fourth-order valence-electron chi connectivity index (χ4n) is 6.24. The lowest BCUT2D eigenvalue weighted by Crippen LogP contribution is -2.46. The van der Waals surface area contributed by atoms with Crippen LogP contribution in [0.2, 0.25) is 0 Å². The smallest absolute Gasteiger partial charge is 0.274 e. The molecule has 1 saturated carbocycles. The van der Waals surface area contributed by atoms with E-state index in [-0.39, 0.29) is 53.3 Å². The van der Waals surface area contributed by atoms with Crippen molar-refractivity contribution in [2.45, 2.75) is 83.2 Å². The van der Waals surface area contributed by atoms with E-state index in [9.17, 15) is 63.0 Å². The van der Waals surface area contributed by atoms with E-state index in [4.69, 9.17) is 10.5 Å². The van der Waals surface area contributed by atoms with Gasteiger partial charge in [-0.15, -0.1) is 0 Å². The molecule has 1 saturated heterocycles. The number of phosphoric acid groups is 3. The molecule has 2 aliphatic rings. The Morgan fingerprint density at radius 2 is 1.77 bits per heavy atom. The SMILES string of the molecule is C=C(C)C1CCC(C(=O)SCCNC(=O)CCNC(=O)[C@H](O)C(C)(C)COP(=O)([O-])OP(=O)([O-])OC[C@H]2O[C@@H](n3cnc4c(N)ncnc43)[C@H](O)[C@@H]2OP(=O)([O-])[O-])C(O)C1. The second kappa shape index (κ2) is 20.6. The molecule has 29 heteroatoms. The normalized spacial score (nSPS) is 26.2. The van der Waals surface area contributed by atoms with Crippen LogP contribution in [0.15, 0.2) is 24.8 Å². The van der Waals surface area contributed by atoms with Crippen molar-refractivity contribution >= 4 is 69.1 Å². The Labute approximate surface area is 347 Å². The molecule has 25 nitrogen and oxygen atoms in total. The number of aliphatic hydroxyl groups excluding tert-OH is 3. The molecule has 3 heterocycles. The highest BCUT2D eigenvalue weighted by Gasteiger charge is 2.47. The highest BCUT2D eigenvalue weighted by Crippen LogP contribution is 2.56. The average Bonchev–Trinajstić information content (AvgIpc) is 3.71. The fraction of sp³-hybridized carbons (Fsp3) is 0.677. The predicted octanol–water partition coefficient (Wildman–Crippen LogP) is -2.51. The summed E-state index contributed by atoms with van der Waals surface area (Å²) in [6.07, 6.45) is -6.67. The zero-order valence-electron chi connectivity index (χ0n) is 32.4. The van der Waals surface area contributed by atoms with Gasteiger partial charge in [0.1, 0.15) is 36.3 Å². The Morgan fingerprint density at radius 3 is 2.42 bits per heavy atom. The zero-order valence-corrected chi connectivity index (χ0v) is 35.9. The minimum absolute atomic E-state index is 0.0260. The molecule has 2 fully saturated rings. The predicted molar refractivity (Wildman–Crippen MR) is 200 cm³/mol. The van der Waals surface area contributed by atoms with Crippen molar-refractivity contribution < 1.29 is 85.6 Å². The van der Waals surface area contributed by atoms with Crippen LogP contribution < -0.4 is 35.9 Å². The highest BCUT2D eigenvalue weighted by atomic mass is 32.2. The van der Waals surface area contributed by atoms with Gasteiger partial charge in [0.2, 0.25) is 11.8 Å². The van der Waals surface area contributed by atoms with Crippen LogP contribution in [0.3, 0.4) is 0 Å². The van der Waals surface area contributed by atoms with Gasteiger partial charge in [0, 0.05) is 30.7 Å². The van der Waals surface area contributed by atoms with Crippen LogP contribution in [-0.2, 0) is 50.7 Å². The van der Waals surface area contributed by atoms with Gasteiger partial charge in [-0.2, -0.15) is 0 Å². The summed E-state index contributed by atoms with van der Waals surface area (Å²) in [6, 6.07) is 0. The maximum absolute atomic E-state index is 12.6. The Bertz CT molecular complexity index is 2020. The lowest BCUT2D eigenvalue weighted by atomic mass is 9.78. The molecule has 2 aromatic heterocycles. The summed E-state index contributed by atoms with van der Waals surface area (Å²) in [6.45, 7) is 5.77. The van der Waals surface area contributed by atoms with Crippen LogP contribution in [0, 0.1) is 17.3 Å².